The summed E-state index contributed by atoms with van der Waals surface area (Å²) < 4.78 is 6.12. The molecule has 17 heavy (non-hydrogen) atoms. The van der Waals surface area contributed by atoms with Gasteiger partial charge in [-0.15, -0.1) is 0 Å². The normalized spacial score (nSPS) is 55.9. The van der Waals surface area contributed by atoms with E-state index in [0.29, 0.717) is 11.3 Å². The lowest BCUT2D eigenvalue weighted by atomic mass is 9.46. The summed E-state index contributed by atoms with van der Waals surface area (Å²) in [4.78, 5) is 0. The second-order valence-corrected chi connectivity index (χ2v) is 7.67. The number of hydrogen-bond acceptors (Lipinski definition) is 2. The number of aliphatic hydroxyl groups excluding tert-OH is 1. The molecule has 0 bridgehead atoms. The first-order valence-electron chi connectivity index (χ1n) is 7.12. The summed E-state index contributed by atoms with van der Waals surface area (Å²) in [6, 6.07) is 0. The third kappa shape index (κ3) is 1.19. The lowest BCUT2D eigenvalue weighted by Crippen LogP contribution is -2.57. The molecule has 2 nitrogen and oxygen atoms in total. The van der Waals surface area contributed by atoms with Crippen molar-refractivity contribution in [2.24, 2.45) is 16.7 Å². The van der Waals surface area contributed by atoms with E-state index in [0.717, 1.165) is 6.42 Å². The Morgan fingerprint density at radius 3 is 2.47 bits per heavy atom. The minimum atomic E-state index is -0.236. The van der Waals surface area contributed by atoms with Crippen LogP contribution in [-0.2, 0) is 4.74 Å². The van der Waals surface area contributed by atoms with E-state index in [9.17, 15) is 5.11 Å². The second-order valence-electron chi connectivity index (χ2n) is 7.67. The molecule has 0 spiro atoms. The molecule has 2 saturated carbocycles. The molecule has 4 atom stereocenters. The van der Waals surface area contributed by atoms with Gasteiger partial charge in [0.1, 0.15) is 5.60 Å². The highest BCUT2D eigenvalue weighted by molar-refractivity contribution is 5.26. The maximum absolute atomic E-state index is 9.91. The van der Waals surface area contributed by atoms with Crippen molar-refractivity contribution in [3.8, 4) is 0 Å². The van der Waals surface area contributed by atoms with Gasteiger partial charge in [-0.25, -0.2) is 0 Å². The standard InChI is InChI=1S/C15H26O2/c1-12(2)7-5-8-13(3)11(12)6-9-14(4)15(13,10-16)17-14/h11,16H,5-10H2,1-4H3/t11-,13-,14+,15-/m0/s1. The van der Waals surface area contributed by atoms with Crippen LogP contribution in [0.25, 0.3) is 0 Å². The van der Waals surface area contributed by atoms with E-state index in [4.69, 9.17) is 4.74 Å². The van der Waals surface area contributed by atoms with Crippen molar-refractivity contribution < 1.29 is 9.84 Å². The van der Waals surface area contributed by atoms with Gasteiger partial charge in [-0.2, -0.15) is 0 Å². The summed E-state index contributed by atoms with van der Waals surface area (Å²) in [5, 5.41) is 9.91. The molecule has 1 saturated heterocycles. The molecule has 1 heterocycles. The Bertz CT molecular complexity index is 351. The lowest BCUT2D eigenvalue weighted by molar-refractivity contribution is -0.0849. The molecule has 0 aromatic rings. The van der Waals surface area contributed by atoms with Crippen molar-refractivity contribution in [3.05, 3.63) is 0 Å². The summed E-state index contributed by atoms with van der Waals surface area (Å²) in [6.45, 7) is 9.59. The van der Waals surface area contributed by atoms with Crippen LogP contribution in [0.2, 0.25) is 0 Å². The maximum atomic E-state index is 9.91. The number of hydrogen-bond donors (Lipinski definition) is 1. The number of fused-ring (bicyclic) bond motifs is 3. The number of epoxide rings is 1. The Morgan fingerprint density at radius 2 is 1.82 bits per heavy atom. The number of aliphatic hydroxyl groups is 1. The third-order valence-electron chi connectivity index (χ3n) is 6.50. The predicted molar refractivity (Wildman–Crippen MR) is 67.8 cm³/mol. The molecule has 1 N–H and O–H groups in total. The topological polar surface area (TPSA) is 32.8 Å². The predicted octanol–water partition coefficient (Wildman–Crippen LogP) is 3.13. The molecular formula is C15H26O2. The fourth-order valence-electron chi connectivity index (χ4n) is 5.45. The van der Waals surface area contributed by atoms with Crippen molar-refractivity contribution in [1.29, 1.82) is 0 Å². The molecule has 2 aliphatic carbocycles. The van der Waals surface area contributed by atoms with Crippen molar-refractivity contribution in [3.63, 3.8) is 0 Å². The Kier molecular flexibility index (Phi) is 2.17. The molecule has 1 aliphatic heterocycles. The molecule has 2 heteroatoms. The van der Waals surface area contributed by atoms with Gasteiger partial charge in [0, 0.05) is 5.41 Å². The first-order valence-corrected chi connectivity index (χ1v) is 7.12. The van der Waals surface area contributed by atoms with E-state index in [1.165, 1.54) is 25.7 Å². The van der Waals surface area contributed by atoms with Crippen LogP contribution in [0.4, 0.5) is 0 Å². The van der Waals surface area contributed by atoms with Gasteiger partial charge in [0.05, 0.1) is 12.2 Å². The van der Waals surface area contributed by atoms with Gasteiger partial charge in [0.2, 0.25) is 0 Å². The average Bonchev–Trinajstić information content (AvgIpc) is 2.85. The van der Waals surface area contributed by atoms with Crippen LogP contribution in [-0.4, -0.2) is 22.9 Å². The number of ether oxygens (including phenoxy) is 1. The van der Waals surface area contributed by atoms with Crippen LogP contribution in [0.5, 0.6) is 0 Å². The molecule has 3 fully saturated rings. The van der Waals surface area contributed by atoms with Gasteiger partial charge >= 0.3 is 0 Å². The van der Waals surface area contributed by atoms with Crippen LogP contribution in [0.15, 0.2) is 0 Å². The molecule has 3 rings (SSSR count). The minimum absolute atomic E-state index is 0.0413. The van der Waals surface area contributed by atoms with Gasteiger partial charge in [0.15, 0.2) is 0 Å². The van der Waals surface area contributed by atoms with E-state index in [-0.39, 0.29) is 23.2 Å². The highest BCUT2D eigenvalue weighted by Gasteiger charge is 2.78. The van der Waals surface area contributed by atoms with Gasteiger partial charge in [0.25, 0.3) is 0 Å². The summed E-state index contributed by atoms with van der Waals surface area (Å²) in [7, 11) is 0. The van der Waals surface area contributed by atoms with Gasteiger partial charge < -0.3 is 9.84 Å². The van der Waals surface area contributed by atoms with Crippen LogP contribution in [0, 0.1) is 16.7 Å². The van der Waals surface area contributed by atoms with Crippen LogP contribution in [0.1, 0.15) is 59.8 Å². The maximum Gasteiger partial charge on any atom is 0.126 e. The zero-order valence-corrected chi connectivity index (χ0v) is 11.7. The van der Waals surface area contributed by atoms with Crippen LogP contribution < -0.4 is 0 Å². The van der Waals surface area contributed by atoms with E-state index in [2.05, 4.69) is 27.7 Å². The number of rotatable bonds is 1. The zero-order chi connectivity index (χ0) is 12.5. The monoisotopic (exact) mass is 238 g/mol. The van der Waals surface area contributed by atoms with E-state index >= 15 is 0 Å². The fourth-order valence-corrected chi connectivity index (χ4v) is 5.45. The van der Waals surface area contributed by atoms with Crippen molar-refractivity contribution in [2.45, 2.75) is 71.0 Å². The summed E-state index contributed by atoms with van der Waals surface area (Å²) in [6.07, 6.45) is 6.21. The average molecular weight is 238 g/mol. The van der Waals surface area contributed by atoms with Gasteiger partial charge in [-0.05, 0) is 43.9 Å². The van der Waals surface area contributed by atoms with Crippen molar-refractivity contribution in [2.75, 3.05) is 6.61 Å². The largest absolute Gasteiger partial charge is 0.393 e. The molecule has 0 aromatic carbocycles. The first-order chi connectivity index (χ1) is 7.81. The smallest absolute Gasteiger partial charge is 0.126 e. The molecule has 0 amide bonds. The Morgan fingerprint density at radius 1 is 1.12 bits per heavy atom. The Balaban J connectivity index is 2.03. The fraction of sp³-hybridized carbons (Fsp3) is 1.00. The SMILES string of the molecule is CC1(C)CCC[C@@]2(C)[C@H]1CC[C@@]1(C)O[C@]12CO. The third-order valence-corrected chi connectivity index (χ3v) is 6.50. The van der Waals surface area contributed by atoms with E-state index < -0.39 is 0 Å². The van der Waals surface area contributed by atoms with Gasteiger partial charge in [-0.1, -0.05) is 27.2 Å². The second kappa shape index (κ2) is 3.08. The summed E-state index contributed by atoms with van der Waals surface area (Å²) in [5.41, 5.74) is 0.306. The van der Waals surface area contributed by atoms with Gasteiger partial charge in [-0.3, -0.25) is 0 Å². The summed E-state index contributed by atoms with van der Waals surface area (Å²) in [5.74, 6) is 0.700. The molecule has 0 radical (unpaired) electrons. The highest BCUT2D eigenvalue weighted by atomic mass is 16.6. The van der Waals surface area contributed by atoms with Crippen LogP contribution >= 0.6 is 0 Å². The minimum Gasteiger partial charge on any atom is -0.393 e. The van der Waals surface area contributed by atoms with Crippen molar-refractivity contribution >= 4 is 0 Å². The highest BCUT2D eigenvalue weighted by Crippen LogP contribution is 2.72. The molecule has 98 valence electrons. The Hall–Kier alpha value is -0.0800. The zero-order valence-electron chi connectivity index (χ0n) is 11.7. The van der Waals surface area contributed by atoms with E-state index in [1.54, 1.807) is 0 Å². The molecule has 0 aromatic heterocycles. The quantitative estimate of drug-likeness (QED) is 0.712. The molecular weight excluding hydrogens is 212 g/mol. The lowest BCUT2D eigenvalue weighted by Gasteiger charge is -2.56. The molecule has 3 aliphatic rings. The first kappa shape index (κ1) is 12.0. The van der Waals surface area contributed by atoms with E-state index in [1.807, 2.05) is 0 Å². The summed E-state index contributed by atoms with van der Waals surface area (Å²) >= 11 is 0. The molecule has 0 unspecified atom stereocenters. The Labute approximate surface area is 105 Å². The van der Waals surface area contributed by atoms with Crippen molar-refractivity contribution in [1.82, 2.24) is 0 Å². The van der Waals surface area contributed by atoms with Crippen LogP contribution in [0.3, 0.4) is 0 Å².